The van der Waals surface area contributed by atoms with Gasteiger partial charge in [-0.15, -0.1) is 0 Å². The molecule has 1 aliphatic rings. The molecule has 0 radical (unpaired) electrons. The number of aryl methyl sites for hydroxylation is 1. The minimum atomic E-state index is 0.838. The molecule has 98 valence electrons. The van der Waals surface area contributed by atoms with Crippen LogP contribution in [0.25, 0.3) is 5.57 Å². The van der Waals surface area contributed by atoms with Crippen molar-refractivity contribution in [3.63, 3.8) is 0 Å². The normalized spacial score (nSPS) is 16.4. The Morgan fingerprint density at radius 3 is 2.84 bits per heavy atom. The topological polar surface area (TPSA) is 29.3 Å². The van der Waals surface area contributed by atoms with Crippen LogP contribution in [0.15, 0.2) is 47.0 Å². The Morgan fingerprint density at radius 1 is 1.26 bits per heavy atom. The molecule has 0 saturated heterocycles. The number of aromatic nitrogens is 1. The van der Waals surface area contributed by atoms with Crippen LogP contribution >= 0.6 is 0 Å². The fourth-order valence-electron chi connectivity index (χ4n) is 2.51. The van der Waals surface area contributed by atoms with Crippen molar-refractivity contribution in [3.8, 4) is 0 Å². The summed E-state index contributed by atoms with van der Waals surface area (Å²) in [6, 6.07) is 12.6. The van der Waals surface area contributed by atoms with E-state index in [0.717, 1.165) is 37.5 Å². The van der Waals surface area contributed by atoms with Gasteiger partial charge in [0.2, 0.25) is 0 Å². The lowest BCUT2D eigenvalue weighted by Gasteiger charge is -2.26. The van der Waals surface area contributed by atoms with Gasteiger partial charge >= 0.3 is 0 Å². The zero-order valence-corrected chi connectivity index (χ0v) is 11.2. The van der Waals surface area contributed by atoms with Crippen LogP contribution < -0.4 is 0 Å². The van der Waals surface area contributed by atoms with E-state index in [1.165, 1.54) is 11.1 Å². The third-order valence-electron chi connectivity index (χ3n) is 3.43. The Balaban J connectivity index is 1.69. The molecule has 0 atom stereocenters. The molecule has 3 heteroatoms. The second-order valence-corrected chi connectivity index (χ2v) is 5.03. The predicted molar refractivity (Wildman–Crippen MR) is 75.6 cm³/mol. The molecule has 19 heavy (non-hydrogen) atoms. The lowest BCUT2D eigenvalue weighted by Crippen LogP contribution is -2.28. The molecular weight excluding hydrogens is 236 g/mol. The maximum atomic E-state index is 5.30. The van der Waals surface area contributed by atoms with E-state index in [1.54, 1.807) is 0 Å². The van der Waals surface area contributed by atoms with Crippen molar-refractivity contribution in [2.75, 3.05) is 13.1 Å². The zero-order chi connectivity index (χ0) is 13.1. The molecule has 1 aromatic heterocycles. The van der Waals surface area contributed by atoms with Crippen LogP contribution in [-0.2, 0) is 6.54 Å². The lowest BCUT2D eigenvalue weighted by atomic mass is 10.0. The first-order chi connectivity index (χ1) is 9.31. The Bertz CT molecular complexity index is 571. The molecular formula is C16H18N2O. The number of hydrogen-bond donors (Lipinski definition) is 0. The third-order valence-corrected chi connectivity index (χ3v) is 3.43. The maximum Gasteiger partial charge on any atom is 0.150 e. The van der Waals surface area contributed by atoms with Crippen molar-refractivity contribution in [1.82, 2.24) is 10.1 Å². The van der Waals surface area contributed by atoms with E-state index in [4.69, 9.17) is 4.52 Å². The van der Waals surface area contributed by atoms with Crippen molar-refractivity contribution < 1.29 is 4.52 Å². The molecule has 0 bridgehead atoms. The average Bonchev–Trinajstić information content (AvgIpc) is 2.85. The quantitative estimate of drug-likeness (QED) is 0.841. The van der Waals surface area contributed by atoms with E-state index < -0.39 is 0 Å². The molecule has 0 spiro atoms. The van der Waals surface area contributed by atoms with Gasteiger partial charge < -0.3 is 4.52 Å². The van der Waals surface area contributed by atoms with Gasteiger partial charge in [0, 0.05) is 19.2 Å². The monoisotopic (exact) mass is 254 g/mol. The van der Waals surface area contributed by atoms with Gasteiger partial charge in [-0.3, -0.25) is 4.90 Å². The van der Waals surface area contributed by atoms with Gasteiger partial charge in [-0.2, -0.15) is 0 Å². The number of benzene rings is 1. The van der Waals surface area contributed by atoms with Gasteiger partial charge in [-0.05, 0) is 24.5 Å². The predicted octanol–water partition coefficient (Wildman–Crippen LogP) is 3.27. The van der Waals surface area contributed by atoms with Crippen molar-refractivity contribution in [2.45, 2.75) is 19.9 Å². The second kappa shape index (κ2) is 5.41. The molecule has 0 aliphatic carbocycles. The number of hydrogen-bond acceptors (Lipinski definition) is 3. The molecule has 3 rings (SSSR count). The summed E-state index contributed by atoms with van der Waals surface area (Å²) in [7, 11) is 0. The molecule has 1 aliphatic heterocycles. The summed E-state index contributed by atoms with van der Waals surface area (Å²) in [6.45, 7) is 4.85. The van der Waals surface area contributed by atoms with Crippen LogP contribution in [0.4, 0.5) is 0 Å². The van der Waals surface area contributed by atoms with Crippen molar-refractivity contribution in [3.05, 3.63) is 59.5 Å². The highest BCUT2D eigenvalue weighted by molar-refractivity contribution is 5.67. The van der Waals surface area contributed by atoms with E-state index >= 15 is 0 Å². The molecule has 3 nitrogen and oxygen atoms in total. The highest BCUT2D eigenvalue weighted by Gasteiger charge is 2.15. The number of nitrogens with zero attached hydrogens (tertiary/aromatic N) is 2. The molecule has 0 N–H and O–H groups in total. The SMILES string of the molecule is Cc1cc(CN2CCC=C(c3ccccc3)C2)on1. The summed E-state index contributed by atoms with van der Waals surface area (Å²) < 4.78 is 5.30. The molecule has 2 heterocycles. The Kier molecular flexibility index (Phi) is 3.47. The first-order valence-electron chi connectivity index (χ1n) is 6.70. The smallest absolute Gasteiger partial charge is 0.150 e. The summed E-state index contributed by atoms with van der Waals surface area (Å²) in [5, 5.41) is 3.94. The third kappa shape index (κ3) is 2.93. The van der Waals surface area contributed by atoms with Crippen LogP contribution in [0, 0.1) is 6.92 Å². The molecule has 0 saturated carbocycles. The van der Waals surface area contributed by atoms with E-state index in [9.17, 15) is 0 Å². The largest absolute Gasteiger partial charge is 0.360 e. The molecule has 2 aromatic rings. The summed E-state index contributed by atoms with van der Waals surface area (Å²) in [5.74, 6) is 0.951. The van der Waals surface area contributed by atoms with Crippen LogP contribution in [-0.4, -0.2) is 23.1 Å². The molecule has 1 aromatic carbocycles. The Hall–Kier alpha value is -1.87. The van der Waals surface area contributed by atoms with Gasteiger partial charge in [0.1, 0.15) is 0 Å². The van der Waals surface area contributed by atoms with E-state index in [-0.39, 0.29) is 0 Å². The Labute approximate surface area is 113 Å². The van der Waals surface area contributed by atoms with Gasteiger partial charge in [-0.1, -0.05) is 41.6 Å². The highest BCUT2D eigenvalue weighted by Crippen LogP contribution is 2.21. The summed E-state index contributed by atoms with van der Waals surface area (Å²) in [4.78, 5) is 2.41. The fraction of sp³-hybridized carbons (Fsp3) is 0.312. The van der Waals surface area contributed by atoms with Crippen LogP contribution in [0.1, 0.15) is 23.4 Å². The molecule has 0 fully saturated rings. The van der Waals surface area contributed by atoms with Gasteiger partial charge in [0.25, 0.3) is 0 Å². The summed E-state index contributed by atoms with van der Waals surface area (Å²) >= 11 is 0. The lowest BCUT2D eigenvalue weighted by molar-refractivity contribution is 0.252. The Morgan fingerprint density at radius 2 is 2.11 bits per heavy atom. The first-order valence-corrected chi connectivity index (χ1v) is 6.70. The average molecular weight is 254 g/mol. The van der Waals surface area contributed by atoms with Crippen molar-refractivity contribution in [2.24, 2.45) is 0 Å². The van der Waals surface area contributed by atoms with Crippen LogP contribution in [0.3, 0.4) is 0 Å². The molecule has 0 amide bonds. The summed E-state index contributed by atoms with van der Waals surface area (Å²) in [6.07, 6.45) is 3.44. The highest BCUT2D eigenvalue weighted by atomic mass is 16.5. The van der Waals surface area contributed by atoms with Crippen LogP contribution in [0.2, 0.25) is 0 Å². The fourth-order valence-corrected chi connectivity index (χ4v) is 2.51. The number of rotatable bonds is 3. The van der Waals surface area contributed by atoms with E-state index in [0.29, 0.717) is 0 Å². The van der Waals surface area contributed by atoms with Gasteiger partial charge in [-0.25, -0.2) is 0 Å². The second-order valence-electron chi connectivity index (χ2n) is 5.03. The van der Waals surface area contributed by atoms with E-state index in [2.05, 4.69) is 46.5 Å². The minimum Gasteiger partial charge on any atom is -0.360 e. The van der Waals surface area contributed by atoms with Crippen LogP contribution in [0.5, 0.6) is 0 Å². The minimum absolute atomic E-state index is 0.838. The standard InChI is InChI=1S/C16H18N2O/c1-13-10-16(19-17-13)12-18-9-5-8-15(11-18)14-6-3-2-4-7-14/h2-4,6-8,10H,5,9,11-12H2,1H3. The summed E-state index contributed by atoms with van der Waals surface area (Å²) in [5.41, 5.74) is 3.68. The molecule has 0 unspecified atom stereocenters. The first kappa shape index (κ1) is 12.2. The van der Waals surface area contributed by atoms with Gasteiger partial charge in [0.05, 0.1) is 12.2 Å². The van der Waals surface area contributed by atoms with Crippen molar-refractivity contribution >= 4 is 5.57 Å². The van der Waals surface area contributed by atoms with Gasteiger partial charge in [0.15, 0.2) is 5.76 Å². The van der Waals surface area contributed by atoms with Crippen molar-refractivity contribution in [1.29, 1.82) is 0 Å². The maximum absolute atomic E-state index is 5.30. The van der Waals surface area contributed by atoms with E-state index in [1.807, 2.05) is 13.0 Å². The zero-order valence-electron chi connectivity index (χ0n) is 11.2.